The van der Waals surface area contributed by atoms with Gasteiger partial charge in [-0.05, 0) is 37.2 Å². The summed E-state index contributed by atoms with van der Waals surface area (Å²) in [5.74, 6) is 0.637. The third kappa shape index (κ3) is 6.63. The van der Waals surface area contributed by atoms with Crippen molar-refractivity contribution in [1.82, 2.24) is 9.34 Å². The van der Waals surface area contributed by atoms with Gasteiger partial charge in [-0.3, -0.25) is 0 Å². The zero-order valence-corrected chi connectivity index (χ0v) is 23.6. The van der Waals surface area contributed by atoms with Crippen molar-refractivity contribution in [2.75, 3.05) is 18.2 Å². The summed E-state index contributed by atoms with van der Waals surface area (Å²) < 4.78 is 12.8. The molecule has 1 aromatic carbocycles. The summed E-state index contributed by atoms with van der Waals surface area (Å²) in [7, 11) is -3.26. The van der Waals surface area contributed by atoms with Crippen LogP contribution in [0, 0.1) is 0 Å². The lowest BCUT2D eigenvalue weighted by atomic mass is 9.90. The van der Waals surface area contributed by atoms with E-state index in [1.165, 1.54) is 43.6 Å². The molecule has 1 saturated carbocycles. The number of benzene rings is 1. The molecule has 170 valence electrons. The van der Waals surface area contributed by atoms with E-state index in [9.17, 15) is 0 Å². The van der Waals surface area contributed by atoms with Crippen LogP contribution in [0.3, 0.4) is 0 Å². The molecule has 2 aliphatic rings. The molecule has 0 spiro atoms. The molecule has 0 unspecified atom stereocenters. The molecule has 1 aliphatic carbocycles. The third-order valence-corrected chi connectivity index (χ3v) is 11.5. The fraction of sp³-hybridized carbons (Fsp3) is 0.739. The zero-order chi connectivity index (χ0) is 21.9. The Balaban J connectivity index is 1.94. The van der Waals surface area contributed by atoms with Crippen LogP contribution in [0.4, 0.5) is 0 Å². The molecule has 3 atom stereocenters. The van der Waals surface area contributed by atoms with Gasteiger partial charge in [0, 0.05) is 18.0 Å². The van der Waals surface area contributed by atoms with Crippen molar-refractivity contribution in [2.24, 2.45) is 0 Å². The average molecular weight is 485 g/mol. The predicted molar refractivity (Wildman–Crippen MR) is 139 cm³/mol. The number of fused-ring (bicyclic) bond motifs is 1. The number of nitrogens with zero attached hydrogens (tertiary/aromatic N) is 2. The molecule has 1 aromatic rings. The van der Waals surface area contributed by atoms with Crippen molar-refractivity contribution >= 4 is 36.2 Å². The highest BCUT2D eigenvalue weighted by atomic mass is 35.5. The summed E-state index contributed by atoms with van der Waals surface area (Å²) in [6, 6.07) is 12.1. The van der Waals surface area contributed by atoms with E-state index in [2.05, 4.69) is 79.0 Å². The Bertz CT molecular complexity index is 635. The van der Waals surface area contributed by atoms with Crippen LogP contribution in [0.15, 0.2) is 30.3 Å². The third-order valence-electron chi connectivity index (χ3n) is 5.94. The summed E-state index contributed by atoms with van der Waals surface area (Å²) in [6.07, 6.45) is 8.86. The second kappa shape index (κ2) is 10.5. The lowest BCUT2D eigenvalue weighted by Crippen LogP contribution is -2.46. The molecule has 1 saturated heterocycles. The molecule has 3 rings (SSSR count). The molecular formula is C23H42ClN2OPSi2. The van der Waals surface area contributed by atoms with Gasteiger partial charge in [-0.15, -0.1) is 11.6 Å². The van der Waals surface area contributed by atoms with Crippen LogP contribution in [0.2, 0.25) is 39.3 Å². The Morgan fingerprint density at radius 1 is 0.933 bits per heavy atom. The number of alkyl halides is 1. The first-order valence-corrected chi connectivity index (χ1v) is 20.8. The van der Waals surface area contributed by atoms with Crippen molar-refractivity contribution in [3.05, 3.63) is 35.9 Å². The topological polar surface area (TPSA) is 15.7 Å². The fourth-order valence-corrected chi connectivity index (χ4v) is 13.0. The quantitative estimate of drug-likeness (QED) is 0.208. The van der Waals surface area contributed by atoms with E-state index in [0.717, 1.165) is 6.42 Å². The van der Waals surface area contributed by atoms with Gasteiger partial charge in [-0.25, -0.2) is 9.34 Å². The predicted octanol–water partition coefficient (Wildman–Crippen LogP) is 7.28. The van der Waals surface area contributed by atoms with E-state index >= 15 is 0 Å². The molecule has 1 heterocycles. The first-order chi connectivity index (χ1) is 14.1. The maximum atomic E-state index is 7.12. The zero-order valence-electron chi connectivity index (χ0n) is 19.9. The Morgan fingerprint density at radius 2 is 1.43 bits per heavy atom. The van der Waals surface area contributed by atoms with Crippen molar-refractivity contribution in [3.8, 4) is 0 Å². The van der Waals surface area contributed by atoms with Crippen LogP contribution in [0.1, 0.15) is 43.8 Å². The molecule has 3 nitrogen and oxygen atoms in total. The summed E-state index contributed by atoms with van der Waals surface area (Å²) >= 11 is 6.25. The number of hydrogen-bond donors (Lipinski definition) is 0. The first kappa shape index (κ1) is 24.9. The van der Waals surface area contributed by atoms with E-state index in [1.54, 1.807) is 0 Å². The van der Waals surface area contributed by atoms with Gasteiger partial charge >= 0.3 is 0 Å². The molecule has 30 heavy (non-hydrogen) atoms. The standard InChI is InChI=1S/C23H42ClN2OPSi2/c1-29(2,3)18-25-21-14-10-11-15-22(21)26(19-30(4,5)6)28(25)27-23(16-17-24)20-12-8-7-9-13-20/h7-9,12-13,21-23H,10-11,14-19H2,1-6H3/t21-,22-,23+/m1/s1. The van der Waals surface area contributed by atoms with Crippen molar-refractivity contribution in [1.29, 1.82) is 0 Å². The largest absolute Gasteiger partial charge is 0.323 e. The highest BCUT2D eigenvalue weighted by Crippen LogP contribution is 2.60. The van der Waals surface area contributed by atoms with Crippen LogP contribution in [-0.4, -0.2) is 55.8 Å². The lowest BCUT2D eigenvalue weighted by Gasteiger charge is -2.37. The minimum absolute atomic E-state index is 0.0863. The van der Waals surface area contributed by atoms with E-state index in [-0.39, 0.29) is 6.10 Å². The monoisotopic (exact) mass is 484 g/mol. The van der Waals surface area contributed by atoms with Gasteiger partial charge in [0.2, 0.25) is 0 Å². The van der Waals surface area contributed by atoms with Crippen LogP contribution in [0.25, 0.3) is 0 Å². The highest BCUT2D eigenvalue weighted by Gasteiger charge is 2.51. The Morgan fingerprint density at radius 3 is 1.87 bits per heavy atom. The molecule has 0 aromatic heterocycles. The summed E-state index contributed by atoms with van der Waals surface area (Å²) in [4.78, 5) is 0. The summed E-state index contributed by atoms with van der Waals surface area (Å²) in [5.41, 5.74) is 1.27. The second-order valence-electron chi connectivity index (χ2n) is 11.5. The van der Waals surface area contributed by atoms with Gasteiger partial charge in [0.05, 0.1) is 22.3 Å². The van der Waals surface area contributed by atoms with E-state index in [4.69, 9.17) is 16.1 Å². The van der Waals surface area contributed by atoms with Gasteiger partial charge in [0.15, 0.2) is 8.45 Å². The normalized spacial score (nSPS) is 25.4. The SMILES string of the molecule is C[Si](C)(C)CN1[C@@H]2CCCC[C@H]2N(C[Si](C)(C)C)P1O[C@@H](CCCl)c1ccccc1. The summed E-state index contributed by atoms with van der Waals surface area (Å²) in [5, 5.41) is 0. The number of halogens is 1. The van der Waals surface area contributed by atoms with E-state index < -0.39 is 24.6 Å². The molecular weight excluding hydrogens is 443 g/mol. The molecule has 7 heteroatoms. The number of hydrogen-bond acceptors (Lipinski definition) is 3. The molecule has 2 fully saturated rings. The lowest BCUT2D eigenvalue weighted by molar-refractivity contribution is 0.197. The van der Waals surface area contributed by atoms with E-state index in [1.807, 2.05) is 0 Å². The summed E-state index contributed by atoms with van der Waals surface area (Å²) in [6.45, 7) is 15.0. The van der Waals surface area contributed by atoms with E-state index in [0.29, 0.717) is 18.0 Å². The van der Waals surface area contributed by atoms with Crippen LogP contribution < -0.4 is 0 Å². The maximum Gasteiger partial charge on any atom is 0.188 e. The van der Waals surface area contributed by atoms with Gasteiger partial charge in [0.1, 0.15) is 0 Å². The maximum absolute atomic E-state index is 7.12. The van der Waals surface area contributed by atoms with Gasteiger partial charge in [0.25, 0.3) is 0 Å². The Kier molecular flexibility index (Phi) is 8.68. The minimum Gasteiger partial charge on any atom is -0.323 e. The van der Waals surface area contributed by atoms with Crippen LogP contribution >= 0.6 is 20.1 Å². The van der Waals surface area contributed by atoms with Crippen molar-refractivity contribution in [3.63, 3.8) is 0 Å². The first-order valence-electron chi connectivity index (χ1n) is 11.7. The minimum atomic E-state index is -1.26. The Labute approximate surface area is 193 Å². The molecule has 0 radical (unpaired) electrons. The molecule has 0 amide bonds. The smallest absolute Gasteiger partial charge is 0.188 e. The molecule has 0 N–H and O–H groups in total. The number of rotatable bonds is 9. The van der Waals surface area contributed by atoms with Crippen LogP contribution in [0.5, 0.6) is 0 Å². The fourth-order valence-electron chi connectivity index (χ4n) is 4.80. The molecule has 1 aliphatic heterocycles. The van der Waals surface area contributed by atoms with Crippen molar-refractivity contribution in [2.45, 2.75) is 89.6 Å². The average Bonchev–Trinajstić information content (AvgIpc) is 2.92. The van der Waals surface area contributed by atoms with Crippen molar-refractivity contribution < 1.29 is 4.52 Å². The Hall–Kier alpha value is 0.254. The van der Waals surface area contributed by atoms with Gasteiger partial charge < -0.3 is 4.52 Å². The second-order valence-corrected chi connectivity index (χ2v) is 24.5. The van der Waals surface area contributed by atoms with Gasteiger partial charge in [-0.1, -0.05) is 82.5 Å². The van der Waals surface area contributed by atoms with Gasteiger partial charge in [-0.2, -0.15) is 0 Å². The molecule has 0 bridgehead atoms. The van der Waals surface area contributed by atoms with Crippen LogP contribution in [-0.2, 0) is 4.52 Å². The highest BCUT2D eigenvalue weighted by molar-refractivity contribution is 7.48.